The third-order valence-corrected chi connectivity index (χ3v) is 3.40. The lowest BCUT2D eigenvalue weighted by atomic mass is 10.1. The zero-order valence-electron chi connectivity index (χ0n) is 12.9. The smallest absolute Gasteiger partial charge is 0.170 e. The predicted octanol–water partition coefficient (Wildman–Crippen LogP) is 1.31. The van der Waals surface area contributed by atoms with Crippen molar-refractivity contribution in [2.45, 2.75) is 39.0 Å². The van der Waals surface area contributed by atoms with Crippen LogP contribution in [-0.2, 0) is 11.3 Å². The third kappa shape index (κ3) is 4.36. The van der Waals surface area contributed by atoms with E-state index >= 15 is 0 Å². The number of ether oxygens (including phenoxy) is 1. The maximum Gasteiger partial charge on any atom is 0.170 e. The van der Waals surface area contributed by atoms with Crippen molar-refractivity contribution in [2.75, 3.05) is 31.2 Å². The summed E-state index contributed by atoms with van der Waals surface area (Å²) in [4.78, 5) is 6.00. The number of hydrogen-bond donors (Lipinski definition) is 2. The van der Waals surface area contributed by atoms with Crippen molar-refractivity contribution in [1.82, 2.24) is 10.3 Å². The standard InChI is InChI=1S/C15H24FN3O2/c1-15(2,3)18-8-11-4-5-17-14(13(11)16)19-6-7-21-12(9-19)10-20/h4-5,12,18,20H,6-10H2,1-3H3. The molecule has 0 saturated carbocycles. The molecule has 1 aliphatic heterocycles. The van der Waals surface area contributed by atoms with Gasteiger partial charge in [-0.3, -0.25) is 0 Å². The second kappa shape index (κ2) is 6.68. The second-order valence-electron chi connectivity index (χ2n) is 6.33. The number of aliphatic hydroxyl groups excluding tert-OH is 1. The summed E-state index contributed by atoms with van der Waals surface area (Å²) in [7, 11) is 0. The molecule has 1 aromatic rings. The lowest BCUT2D eigenvalue weighted by molar-refractivity contribution is 0.00318. The minimum Gasteiger partial charge on any atom is -0.394 e. The zero-order valence-corrected chi connectivity index (χ0v) is 12.9. The number of anilines is 1. The Morgan fingerprint density at radius 1 is 1.52 bits per heavy atom. The Balaban J connectivity index is 2.13. The summed E-state index contributed by atoms with van der Waals surface area (Å²) in [6.07, 6.45) is 1.35. The van der Waals surface area contributed by atoms with Crippen LogP contribution in [0.25, 0.3) is 0 Å². The molecule has 0 amide bonds. The molecule has 2 N–H and O–H groups in total. The third-order valence-electron chi connectivity index (χ3n) is 3.40. The van der Waals surface area contributed by atoms with Crippen molar-refractivity contribution < 1.29 is 14.2 Å². The first kappa shape index (κ1) is 16.1. The van der Waals surface area contributed by atoms with Gasteiger partial charge in [-0.15, -0.1) is 0 Å². The van der Waals surface area contributed by atoms with Crippen LogP contribution < -0.4 is 10.2 Å². The monoisotopic (exact) mass is 297 g/mol. The average Bonchev–Trinajstić information content (AvgIpc) is 2.45. The fourth-order valence-electron chi connectivity index (χ4n) is 2.21. The van der Waals surface area contributed by atoms with Gasteiger partial charge in [0.25, 0.3) is 0 Å². The summed E-state index contributed by atoms with van der Waals surface area (Å²) in [5.41, 5.74) is 0.526. The van der Waals surface area contributed by atoms with Crippen LogP contribution in [0.2, 0.25) is 0 Å². The molecule has 6 heteroatoms. The highest BCUT2D eigenvalue weighted by Crippen LogP contribution is 2.22. The molecular weight excluding hydrogens is 273 g/mol. The van der Waals surface area contributed by atoms with Crippen LogP contribution in [0.1, 0.15) is 26.3 Å². The van der Waals surface area contributed by atoms with Gasteiger partial charge in [0, 0.05) is 36.9 Å². The number of hydrogen-bond acceptors (Lipinski definition) is 5. The number of pyridine rings is 1. The fourth-order valence-corrected chi connectivity index (χ4v) is 2.21. The number of nitrogens with zero attached hydrogens (tertiary/aromatic N) is 2. The van der Waals surface area contributed by atoms with Gasteiger partial charge in [-0.2, -0.15) is 0 Å². The topological polar surface area (TPSA) is 57.6 Å². The lowest BCUT2D eigenvalue weighted by Crippen LogP contribution is -2.45. The molecule has 1 saturated heterocycles. The largest absolute Gasteiger partial charge is 0.394 e. The number of morpholine rings is 1. The molecule has 1 fully saturated rings. The molecule has 0 bridgehead atoms. The number of nitrogens with one attached hydrogen (secondary N) is 1. The molecule has 5 nitrogen and oxygen atoms in total. The zero-order chi connectivity index (χ0) is 15.5. The maximum atomic E-state index is 14.6. The van der Waals surface area contributed by atoms with Gasteiger partial charge in [-0.05, 0) is 26.8 Å². The van der Waals surface area contributed by atoms with E-state index in [1.54, 1.807) is 12.3 Å². The molecule has 1 unspecified atom stereocenters. The molecule has 2 rings (SSSR count). The molecule has 0 spiro atoms. The first-order valence-corrected chi connectivity index (χ1v) is 7.26. The van der Waals surface area contributed by atoms with Crippen molar-refractivity contribution >= 4 is 5.82 Å². The van der Waals surface area contributed by atoms with Gasteiger partial charge >= 0.3 is 0 Å². The van der Waals surface area contributed by atoms with Crippen LogP contribution in [0.3, 0.4) is 0 Å². The number of aliphatic hydroxyl groups is 1. The molecule has 1 atom stereocenters. The first-order chi connectivity index (χ1) is 9.90. The minimum absolute atomic E-state index is 0.0661. The summed E-state index contributed by atoms with van der Waals surface area (Å²) >= 11 is 0. The number of aromatic nitrogens is 1. The van der Waals surface area contributed by atoms with Gasteiger partial charge in [0.1, 0.15) is 0 Å². The van der Waals surface area contributed by atoms with Crippen molar-refractivity contribution in [3.05, 3.63) is 23.6 Å². The normalized spacial score (nSPS) is 19.9. The highest BCUT2D eigenvalue weighted by Gasteiger charge is 2.24. The van der Waals surface area contributed by atoms with Gasteiger partial charge in [-0.1, -0.05) is 0 Å². The van der Waals surface area contributed by atoms with Crippen LogP contribution in [0.15, 0.2) is 12.3 Å². The minimum atomic E-state index is -0.298. The highest BCUT2D eigenvalue weighted by atomic mass is 19.1. The summed E-state index contributed by atoms with van der Waals surface area (Å²) in [6.45, 7) is 8.02. The van der Waals surface area contributed by atoms with Gasteiger partial charge < -0.3 is 20.1 Å². The predicted molar refractivity (Wildman–Crippen MR) is 79.8 cm³/mol. The Bertz CT molecular complexity index is 476. The molecule has 1 aromatic heterocycles. The maximum absolute atomic E-state index is 14.6. The van der Waals surface area contributed by atoms with Crippen LogP contribution in [-0.4, -0.2) is 48.0 Å². The van der Waals surface area contributed by atoms with E-state index in [1.807, 2.05) is 25.7 Å². The fraction of sp³-hybridized carbons (Fsp3) is 0.667. The summed E-state index contributed by atoms with van der Waals surface area (Å²) < 4.78 is 20.0. The van der Waals surface area contributed by atoms with Crippen LogP contribution in [0.4, 0.5) is 10.2 Å². The Morgan fingerprint density at radius 2 is 2.29 bits per heavy atom. The number of halogens is 1. The first-order valence-electron chi connectivity index (χ1n) is 7.26. The lowest BCUT2D eigenvalue weighted by Gasteiger charge is -2.33. The molecule has 118 valence electrons. The summed E-state index contributed by atoms with van der Waals surface area (Å²) in [6, 6.07) is 1.70. The SMILES string of the molecule is CC(C)(C)NCc1ccnc(N2CCOC(CO)C2)c1F. The molecule has 0 aromatic carbocycles. The quantitative estimate of drug-likeness (QED) is 0.877. The van der Waals surface area contributed by atoms with E-state index in [2.05, 4.69) is 10.3 Å². The molecule has 0 aliphatic carbocycles. The van der Waals surface area contributed by atoms with E-state index in [9.17, 15) is 9.50 Å². The average molecular weight is 297 g/mol. The van der Waals surface area contributed by atoms with Crippen LogP contribution >= 0.6 is 0 Å². The Kier molecular flexibility index (Phi) is 5.13. The van der Waals surface area contributed by atoms with E-state index in [-0.39, 0.29) is 24.1 Å². The summed E-state index contributed by atoms with van der Waals surface area (Å²) in [5, 5.41) is 12.5. The molecule has 0 radical (unpaired) electrons. The molecule has 1 aliphatic rings. The van der Waals surface area contributed by atoms with Crippen molar-refractivity contribution in [3.63, 3.8) is 0 Å². The van der Waals surface area contributed by atoms with Crippen LogP contribution in [0.5, 0.6) is 0 Å². The molecule has 2 heterocycles. The molecule has 21 heavy (non-hydrogen) atoms. The Labute approximate surface area is 125 Å². The van der Waals surface area contributed by atoms with E-state index in [0.29, 0.717) is 37.6 Å². The van der Waals surface area contributed by atoms with E-state index in [4.69, 9.17) is 4.74 Å². The van der Waals surface area contributed by atoms with Gasteiger partial charge in [-0.25, -0.2) is 9.37 Å². The van der Waals surface area contributed by atoms with E-state index < -0.39 is 0 Å². The van der Waals surface area contributed by atoms with Crippen LogP contribution in [0, 0.1) is 5.82 Å². The van der Waals surface area contributed by atoms with Gasteiger partial charge in [0.2, 0.25) is 0 Å². The second-order valence-corrected chi connectivity index (χ2v) is 6.33. The number of rotatable bonds is 4. The van der Waals surface area contributed by atoms with Gasteiger partial charge in [0.05, 0.1) is 19.3 Å². The van der Waals surface area contributed by atoms with E-state index in [0.717, 1.165) is 0 Å². The van der Waals surface area contributed by atoms with Gasteiger partial charge in [0.15, 0.2) is 11.6 Å². The van der Waals surface area contributed by atoms with Crippen molar-refractivity contribution in [3.8, 4) is 0 Å². The van der Waals surface area contributed by atoms with Crippen molar-refractivity contribution in [1.29, 1.82) is 0 Å². The molecular formula is C15H24FN3O2. The van der Waals surface area contributed by atoms with E-state index in [1.165, 1.54) is 0 Å². The Hall–Kier alpha value is -1.24. The van der Waals surface area contributed by atoms with Crippen molar-refractivity contribution in [2.24, 2.45) is 0 Å². The highest BCUT2D eigenvalue weighted by molar-refractivity contribution is 5.43. The summed E-state index contributed by atoms with van der Waals surface area (Å²) in [5.74, 6) is 0.0396. The Morgan fingerprint density at radius 3 is 2.95 bits per heavy atom.